The summed E-state index contributed by atoms with van der Waals surface area (Å²) in [5.74, 6) is -0.302. The first-order valence-corrected chi connectivity index (χ1v) is 13.2. The van der Waals surface area contributed by atoms with E-state index in [0.717, 1.165) is 6.26 Å². The summed E-state index contributed by atoms with van der Waals surface area (Å²) < 4.78 is 31.6. The summed E-state index contributed by atoms with van der Waals surface area (Å²) in [6, 6.07) is 7.80. The lowest BCUT2D eigenvalue weighted by Crippen LogP contribution is -2.48. The fraction of sp³-hybridized carbons (Fsp3) is 0.458. The van der Waals surface area contributed by atoms with Crippen LogP contribution in [0.15, 0.2) is 42.7 Å². The zero-order valence-corrected chi connectivity index (χ0v) is 21.2. The van der Waals surface area contributed by atoms with Crippen LogP contribution in [0, 0.1) is 5.92 Å². The fourth-order valence-corrected chi connectivity index (χ4v) is 4.24. The van der Waals surface area contributed by atoms with Crippen molar-refractivity contribution < 1.29 is 27.9 Å². The number of ether oxygens (including phenoxy) is 1. The molecule has 1 aromatic carbocycles. The molecule has 190 valence electrons. The quantitative estimate of drug-likeness (QED) is 0.583. The number of carbonyl (C=O) groups is 2. The molecule has 0 bridgehead atoms. The lowest BCUT2D eigenvalue weighted by atomic mass is 10.0. The van der Waals surface area contributed by atoms with Gasteiger partial charge in [-0.15, -0.1) is 0 Å². The predicted octanol–water partition coefficient (Wildman–Crippen LogP) is 1.37. The molecule has 0 unspecified atom stereocenters. The number of sulfonamides is 1. The van der Waals surface area contributed by atoms with Crippen LogP contribution in [0.25, 0.3) is 0 Å². The summed E-state index contributed by atoms with van der Waals surface area (Å²) in [4.78, 5) is 31.3. The number of likely N-dealkylation sites (N-methyl/N-ethyl adjacent to an activating group) is 1. The van der Waals surface area contributed by atoms with Gasteiger partial charge in [-0.1, -0.05) is 6.92 Å². The molecule has 1 aromatic heterocycles. The highest BCUT2D eigenvalue weighted by atomic mass is 32.2. The number of nitrogens with zero attached hydrogens (tertiary/aromatic N) is 3. The maximum atomic E-state index is 13.2. The maximum Gasteiger partial charge on any atom is 0.255 e. The van der Waals surface area contributed by atoms with Gasteiger partial charge < -0.3 is 20.1 Å². The number of rotatable bonds is 7. The molecule has 0 aliphatic carbocycles. The second-order valence-electron chi connectivity index (χ2n) is 8.94. The number of fused-ring (bicyclic) bond motifs is 1. The van der Waals surface area contributed by atoms with Crippen LogP contribution in [-0.2, 0) is 21.2 Å². The Kier molecular flexibility index (Phi) is 8.47. The Morgan fingerprint density at radius 3 is 2.63 bits per heavy atom. The zero-order chi connectivity index (χ0) is 25.8. The van der Waals surface area contributed by atoms with Gasteiger partial charge in [-0.3, -0.25) is 14.6 Å². The van der Waals surface area contributed by atoms with Crippen molar-refractivity contribution in [2.45, 2.75) is 32.4 Å². The SMILES string of the molecule is C[C@@H]1CN([C@H](C)CO)C(=O)Cc2cc(NC(=O)c3ccncc3)ccc2O[C@H]1CN(C)S(C)(=O)=O. The smallest absolute Gasteiger partial charge is 0.255 e. The predicted molar refractivity (Wildman–Crippen MR) is 132 cm³/mol. The van der Waals surface area contributed by atoms with Crippen molar-refractivity contribution in [1.29, 1.82) is 0 Å². The van der Waals surface area contributed by atoms with E-state index in [1.807, 2.05) is 6.92 Å². The van der Waals surface area contributed by atoms with Crippen LogP contribution in [0.3, 0.4) is 0 Å². The van der Waals surface area contributed by atoms with Gasteiger partial charge >= 0.3 is 0 Å². The van der Waals surface area contributed by atoms with Crippen molar-refractivity contribution in [3.8, 4) is 5.75 Å². The van der Waals surface area contributed by atoms with Crippen LogP contribution in [0.5, 0.6) is 5.75 Å². The van der Waals surface area contributed by atoms with Gasteiger partial charge in [0.1, 0.15) is 11.9 Å². The van der Waals surface area contributed by atoms with Crippen LogP contribution >= 0.6 is 0 Å². The van der Waals surface area contributed by atoms with E-state index in [-0.39, 0.29) is 37.3 Å². The second-order valence-corrected chi connectivity index (χ2v) is 11.0. The summed E-state index contributed by atoms with van der Waals surface area (Å²) in [6.07, 6.45) is 3.63. The van der Waals surface area contributed by atoms with E-state index in [0.29, 0.717) is 29.1 Å². The average Bonchev–Trinajstić information content (AvgIpc) is 2.86. The minimum atomic E-state index is -3.44. The molecule has 0 fully saturated rings. The molecule has 0 radical (unpaired) electrons. The number of nitrogens with one attached hydrogen (secondary N) is 1. The molecule has 3 rings (SSSR count). The molecular weight excluding hydrogens is 472 g/mol. The molecule has 11 heteroatoms. The number of amides is 2. The Morgan fingerprint density at radius 2 is 2.00 bits per heavy atom. The molecule has 35 heavy (non-hydrogen) atoms. The van der Waals surface area contributed by atoms with Crippen molar-refractivity contribution in [2.75, 3.05) is 38.3 Å². The molecule has 0 spiro atoms. The number of benzene rings is 1. The topological polar surface area (TPSA) is 129 Å². The van der Waals surface area contributed by atoms with Crippen molar-refractivity contribution >= 4 is 27.5 Å². The number of hydrogen-bond donors (Lipinski definition) is 2. The monoisotopic (exact) mass is 504 g/mol. The zero-order valence-electron chi connectivity index (χ0n) is 20.3. The van der Waals surface area contributed by atoms with Gasteiger partial charge in [0.05, 0.1) is 31.9 Å². The summed E-state index contributed by atoms with van der Waals surface area (Å²) >= 11 is 0. The molecular formula is C24H32N4O6S. The molecule has 2 heterocycles. The summed E-state index contributed by atoms with van der Waals surface area (Å²) in [7, 11) is -1.96. The molecule has 2 N–H and O–H groups in total. The van der Waals surface area contributed by atoms with Crippen molar-refractivity contribution in [3.05, 3.63) is 53.9 Å². The van der Waals surface area contributed by atoms with E-state index in [2.05, 4.69) is 10.3 Å². The fourth-order valence-electron chi connectivity index (χ4n) is 3.82. The van der Waals surface area contributed by atoms with E-state index in [4.69, 9.17) is 4.74 Å². The van der Waals surface area contributed by atoms with E-state index < -0.39 is 22.2 Å². The number of anilines is 1. The summed E-state index contributed by atoms with van der Waals surface area (Å²) in [5.41, 5.74) is 1.48. The van der Waals surface area contributed by atoms with Crippen LogP contribution in [-0.4, -0.2) is 84.7 Å². The van der Waals surface area contributed by atoms with Crippen LogP contribution in [0.2, 0.25) is 0 Å². The molecule has 0 saturated heterocycles. The van der Waals surface area contributed by atoms with Gasteiger partial charge in [0.2, 0.25) is 15.9 Å². The highest BCUT2D eigenvalue weighted by Gasteiger charge is 2.32. The first-order valence-electron chi connectivity index (χ1n) is 11.3. The average molecular weight is 505 g/mol. The summed E-state index contributed by atoms with van der Waals surface area (Å²) in [6.45, 7) is 3.83. The van der Waals surface area contributed by atoms with Crippen LogP contribution in [0.4, 0.5) is 5.69 Å². The van der Waals surface area contributed by atoms with Crippen LogP contribution in [0.1, 0.15) is 29.8 Å². The van der Waals surface area contributed by atoms with Gasteiger partial charge in [0.25, 0.3) is 5.91 Å². The van der Waals surface area contributed by atoms with E-state index in [1.165, 1.54) is 23.7 Å². The number of aliphatic hydroxyl groups excluding tert-OH is 1. The van der Waals surface area contributed by atoms with E-state index in [1.54, 1.807) is 42.2 Å². The van der Waals surface area contributed by atoms with Gasteiger partial charge in [0, 0.05) is 48.7 Å². The number of aliphatic hydroxyl groups is 1. The first-order chi connectivity index (χ1) is 16.5. The van der Waals surface area contributed by atoms with Gasteiger partial charge in [-0.2, -0.15) is 0 Å². The number of carbonyl (C=O) groups excluding carboxylic acids is 2. The van der Waals surface area contributed by atoms with Gasteiger partial charge in [-0.25, -0.2) is 12.7 Å². The Hall–Kier alpha value is -3.02. The number of aromatic nitrogens is 1. The third-order valence-electron chi connectivity index (χ3n) is 6.12. The first kappa shape index (κ1) is 26.6. The Balaban J connectivity index is 1.96. The van der Waals surface area contributed by atoms with Gasteiger partial charge in [-0.05, 0) is 37.3 Å². The van der Waals surface area contributed by atoms with Crippen molar-refractivity contribution in [2.24, 2.45) is 5.92 Å². The molecule has 0 saturated carbocycles. The Labute approximate surface area is 206 Å². The Bertz CT molecular complexity index is 1160. The minimum Gasteiger partial charge on any atom is -0.488 e. The van der Waals surface area contributed by atoms with E-state index in [9.17, 15) is 23.1 Å². The highest BCUT2D eigenvalue weighted by Crippen LogP contribution is 2.29. The largest absolute Gasteiger partial charge is 0.488 e. The standard InChI is InChI=1S/C24H32N4O6S/c1-16-13-28(17(2)15-29)23(30)12-19-11-20(26-24(31)18-7-9-25-10-8-18)5-6-21(19)34-22(16)14-27(3)35(4,32)33/h5-11,16-17,22,29H,12-15H2,1-4H3,(H,26,31)/t16-,17-,22+/m1/s1. The molecule has 1 aliphatic rings. The second kappa shape index (κ2) is 11.1. The summed E-state index contributed by atoms with van der Waals surface area (Å²) in [5, 5.41) is 12.5. The molecule has 2 aromatic rings. The normalized spacial score (nSPS) is 19.7. The number of pyridine rings is 1. The third-order valence-corrected chi connectivity index (χ3v) is 7.40. The van der Waals surface area contributed by atoms with Crippen LogP contribution < -0.4 is 10.1 Å². The number of hydrogen-bond acceptors (Lipinski definition) is 7. The minimum absolute atomic E-state index is 0.00000350. The van der Waals surface area contributed by atoms with Crippen molar-refractivity contribution in [1.82, 2.24) is 14.2 Å². The molecule has 2 amide bonds. The molecule has 1 aliphatic heterocycles. The lowest BCUT2D eigenvalue weighted by Gasteiger charge is -2.33. The van der Waals surface area contributed by atoms with Crippen molar-refractivity contribution in [3.63, 3.8) is 0 Å². The van der Waals surface area contributed by atoms with Gasteiger partial charge in [0.15, 0.2) is 0 Å². The molecule has 10 nitrogen and oxygen atoms in total. The maximum absolute atomic E-state index is 13.2. The Morgan fingerprint density at radius 1 is 1.31 bits per heavy atom. The lowest BCUT2D eigenvalue weighted by molar-refractivity contribution is -0.134. The van der Waals surface area contributed by atoms with E-state index >= 15 is 0 Å². The third kappa shape index (κ3) is 6.77. The highest BCUT2D eigenvalue weighted by molar-refractivity contribution is 7.88. The molecule has 3 atom stereocenters.